The standard InChI is InChI=1S/C13H24N2O2/c1-4-13(17)15(9-10(2)16)12-8-6-5-7-11(12)14-3/h11-12,14H,4-9H2,1-3H3. The van der Waals surface area contributed by atoms with E-state index in [0.29, 0.717) is 12.5 Å². The highest BCUT2D eigenvalue weighted by atomic mass is 16.2. The van der Waals surface area contributed by atoms with Crippen molar-refractivity contribution >= 4 is 11.7 Å². The Morgan fingerprint density at radius 1 is 1.29 bits per heavy atom. The predicted molar refractivity (Wildman–Crippen MR) is 67.8 cm³/mol. The van der Waals surface area contributed by atoms with Gasteiger partial charge in [-0.05, 0) is 26.8 Å². The molecule has 1 saturated carbocycles. The van der Waals surface area contributed by atoms with Crippen LogP contribution in [0.3, 0.4) is 0 Å². The number of rotatable bonds is 5. The van der Waals surface area contributed by atoms with Gasteiger partial charge in [0, 0.05) is 18.5 Å². The molecule has 4 nitrogen and oxygen atoms in total. The number of nitrogens with zero attached hydrogens (tertiary/aromatic N) is 1. The lowest BCUT2D eigenvalue weighted by Crippen LogP contribution is -2.54. The first kappa shape index (κ1) is 14.2. The van der Waals surface area contributed by atoms with Gasteiger partial charge >= 0.3 is 0 Å². The average Bonchev–Trinajstić information content (AvgIpc) is 2.34. The van der Waals surface area contributed by atoms with E-state index in [1.165, 1.54) is 6.42 Å². The molecule has 0 saturated heterocycles. The Bertz CT molecular complexity index is 279. The summed E-state index contributed by atoms with van der Waals surface area (Å²) in [5, 5.41) is 3.28. The van der Waals surface area contributed by atoms with Crippen LogP contribution in [0.2, 0.25) is 0 Å². The van der Waals surface area contributed by atoms with Crippen molar-refractivity contribution in [2.24, 2.45) is 0 Å². The maximum absolute atomic E-state index is 12.0. The summed E-state index contributed by atoms with van der Waals surface area (Å²) >= 11 is 0. The number of Topliss-reactive ketones (excluding diaryl/α,β-unsaturated/α-hetero) is 1. The molecular formula is C13H24N2O2. The molecule has 0 aromatic rings. The van der Waals surface area contributed by atoms with E-state index in [9.17, 15) is 9.59 Å². The lowest BCUT2D eigenvalue weighted by atomic mass is 9.89. The molecule has 0 aromatic heterocycles. The molecule has 1 amide bonds. The molecule has 4 heteroatoms. The minimum atomic E-state index is 0.0622. The Balaban J connectivity index is 2.78. The first-order valence-corrected chi connectivity index (χ1v) is 6.56. The molecule has 1 aliphatic rings. The first-order valence-electron chi connectivity index (χ1n) is 6.56. The van der Waals surface area contributed by atoms with E-state index in [2.05, 4.69) is 5.32 Å². The van der Waals surface area contributed by atoms with E-state index in [1.807, 2.05) is 14.0 Å². The lowest BCUT2D eigenvalue weighted by Gasteiger charge is -2.39. The number of hydrogen-bond acceptors (Lipinski definition) is 3. The molecule has 2 unspecified atom stereocenters. The second-order valence-electron chi connectivity index (χ2n) is 4.82. The van der Waals surface area contributed by atoms with Gasteiger partial charge in [-0.3, -0.25) is 9.59 Å². The Morgan fingerprint density at radius 3 is 2.47 bits per heavy atom. The van der Waals surface area contributed by atoms with Crippen LogP contribution in [0.15, 0.2) is 0 Å². The highest BCUT2D eigenvalue weighted by molar-refractivity contribution is 5.84. The van der Waals surface area contributed by atoms with Gasteiger partial charge in [-0.2, -0.15) is 0 Å². The van der Waals surface area contributed by atoms with Crippen LogP contribution < -0.4 is 5.32 Å². The van der Waals surface area contributed by atoms with Crippen LogP contribution in [0.1, 0.15) is 46.0 Å². The number of amides is 1. The molecule has 0 aromatic carbocycles. The van der Waals surface area contributed by atoms with Crippen LogP contribution in [-0.2, 0) is 9.59 Å². The summed E-state index contributed by atoms with van der Waals surface area (Å²) in [6, 6.07) is 0.517. The number of likely N-dealkylation sites (N-methyl/N-ethyl adjacent to an activating group) is 1. The summed E-state index contributed by atoms with van der Waals surface area (Å²) in [6.07, 6.45) is 4.92. The van der Waals surface area contributed by atoms with E-state index in [-0.39, 0.29) is 24.3 Å². The lowest BCUT2D eigenvalue weighted by molar-refractivity contribution is -0.138. The Hall–Kier alpha value is -0.900. The van der Waals surface area contributed by atoms with Crippen molar-refractivity contribution in [3.63, 3.8) is 0 Å². The van der Waals surface area contributed by atoms with Crippen LogP contribution in [-0.4, -0.2) is 42.3 Å². The van der Waals surface area contributed by atoms with E-state index in [1.54, 1.807) is 11.8 Å². The van der Waals surface area contributed by atoms with Crippen molar-refractivity contribution < 1.29 is 9.59 Å². The zero-order valence-corrected chi connectivity index (χ0v) is 11.2. The van der Waals surface area contributed by atoms with Crippen LogP contribution in [0.4, 0.5) is 0 Å². The van der Waals surface area contributed by atoms with Crippen LogP contribution in [0.5, 0.6) is 0 Å². The molecule has 0 bridgehead atoms. The van der Waals surface area contributed by atoms with E-state index in [0.717, 1.165) is 19.3 Å². The van der Waals surface area contributed by atoms with Gasteiger partial charge in [-0.1, -0.05) is 19.8 Å². The monoisotopic (exact) mass is 240 g/mol. The molecule has 98 valence electrons. The molecule has 0 heterocycles. The largest absolute Gasteiger partial charge is 0.331 e. The normalized spacial score (nSPS) is 24.4. The average molecular weight is 240 g/mol. The summed E-state index contributed by atoms with van der Waals surface area (Å²) in [7, 11) is 1.94. The van der Waals surface area contributed by atoms with Crippen molar-refractivity contribution in [2.75, 3.05) is 13.6 Å². The molecule has 2 atom stereocenters. The third kappa shape index (κ3) is 3.80. The van der Waals surface area contributed by atoms with Crippen LogP contribution in [0, 0.1) is 0 Å². The minimum Gasteiger partial charge on any atom is -0.331 e. The Kier molecular flexibility index (Phi) is 5.62. The quantitative estimate of drug-likeness (QED) is 0.789. The summed E-state index contributed by atoms with van der Waals surface area (Å²) < 4.78 is 0. The first-order chi connectivity index (χ1) is 8.10. The summed E-state index contributed by atoms with van der Waals surface area (Å²) in [5.41, 5.74) is 0. The van der Waals surface area contributed by atoms with Crippen LogP contribution >= 0.6 is 0 Å². The molecular weight excluding hydrogens is 216 g/mol. The topological polar surface area (TPSA) is 49.4 Å². The van der Waals surface area contributed by atoms with Gasteiger partial charge in [0.1, 0.15) is 5.78 Å². The van der Waals surface area contributed by atoms with E-state index < -0.39 is 0 Å². The number of ketones is 1. The number of nitrogens with one attached hydrogen (secondary N) is 1. The van der Waals surface area contributed by atoms with E-state index >= 15 is 0 Å². The molecule has 1 N–H and O–H groups in total. The summed E-state index contributed by atoms with van der Waals surface area (Å²) in [6.45, 7) is 3.66. The van der Waals surface area contributed by atoms with Gasteiger partial charge in [0.2, 0.25) is 5.91 Å². The van der Waals surface area contributed by atoms with E-state index in [4.69, 9.17) is 0 Å². The van der Waals surface area contributed by atoms with Crippen LogP contribution in [0.25, 0.3) is 0 Å². The van der Waals surface area contributed by atoms with Gasteiger partial charge < -0.3 is 10.2 Å². The van der Waals surface area contributed by atoms with Crippen molar-refractivity contribution in [1.82, 2.24) is 10.2 Å². The van der Waals surface area contributed by atoms with Crippen molar-refractivity contribution in [3.8, 4) is 0 Å². The number of carbonyl (C=O) groups excluding carboxylic acids is 2. The summed E-state index contributed by atoms with van der Waals surface area (Å²) in [4.78, 5) is 25.0. The molecule has 0 aliphatic heterocycles. The molecule has 1 aliphatic carbocycles. The maximum Gasteiger partial charge on any atom is 0.222 e. The highest BCUT2D eigenvalue weighted by Gasteiger charge is 2.31. The molecule has 1 rings (SSSR count). The van der Waals surface area contributed by atoms with Crippen molar-refractivity contribution in [2.45, 2.75) is 58.0 Å². The summed E-state index contributed by atoms with van der Waals surface area (Å²) in [5.74, 6) is 0.152. The van der Waals surface area contributed by atoms with Gasteiger partial charge in [0.15, 0.2) is 0 Å². The molecule has 0 spiro atoms. The van der Waals surface area contributed by atoms with Gasteiger partial charge in [-0.25, -0.2) is 0 Å². The fourth-order valence-corrected chi connectivity index (χ4v) is 2.65. The Labute approximate surface area is 104 Å². The zero-order chi connectivity index (χ0) is 12.8. The second kappa shape index (κ2) is 6.74. The molecule has 0 radical (unpaired) electrons. The van der Waals surface area contributed by atoms with Gasteiger partial charge in [0.25, 0.3) is 0 Å². The SMILES string of the molecule is CCC(=O)N(CC(C)=O)C1CCCCC1NC. The Morgan fingerprint density at radius 2 is 1.94 bits per heavy atom. The minimum absolute atomic E-state index is 0.0622. The third-order valence-corrected chi connectivity index (χ3v) is 3.52. The number of hydrogen-bond donors (Lipinski definition) is 1. The predicted octanol–water partition coefficient (Wildman–Crippen LogP) is 1.34. The smallest absolute Gasteiger partial charge is 0.222 e. The molecule has 1 fully saturated rings. The fraction of sp³-hybridized carbons (Fsp3) is 0.846. The fourth-order valence-electron chi connectivity index (χ4n) is 2.65. The third-order valence-electron chi connectivity index (χ3n) is 3.52. The van der Waals surface area contributed by atoms with Crippen molar-refractivity contribution in [3.05, 3.63) is 0 Å². The van der Waals surface area contributed by atoms with Gasteiger partial charge in [0.05, 0.1) is 6.54 Å². The molecule has 17 heavy (non-hydrogen) atoms. The second-order valence-corrected chi connectivity index (χ2v) is 4.82. The van der Waals surface area contributed by atoms with Gasteiger partial charge in [-0.15, -0.1) is 0 Å². The number of carbonyl (C=O) groups is 2. The maximum atomic E-state index is 12.0. The highest BCUT2D eigenvalue weighted by Crippen LogP contribution is 2.23. The van der Waals surface area contributed by atoms with Crippen molar-refractivity contribution in [1.29, 1.82) is 0 Å². The zero-order valence-electron chi connectivity index (χ0n) is 11.2.